The lowest BCUT2D eigenvalue weighted by molar-refractivity contribution is 0.945. The first-order valence-electron chi connectivity index (χ1n) is 5.60. The highest BCUT2D eigenvalue weighted by Gasteiger charge is 2.22. The van der Waals surface area contributed by atoms with Gasteiger partial charge in [-0.2, -0.15) is 0 Å². The quantitative estimate of drug-likeness (QED) is 0.793. The number of thioether (sulfide) groups is 3. The fourth-order valence-corrected chi connectivity index (χ4v) is 5.79. The van der Waals surface area contributed by atoms with Crippen LogP contribution in [0.3, 0.4) is 0 Å². The molecule has 1 aliphatic heterocycles. The van der Waals surface area contributed by atoms with E-state index in [-0.39, 0.29) is 0 Å². The molecule has 1 aromatic heterocycles. The summed E-state index contributed by atoms with van der Waals surface area (Å²) in [6.07, 6.45) is 3.22. The number of rotatable bonds is 4. The zero-order chi connectivity index (χ0) is 12.4. The second kappa shape index (κ2) is 5.86. The Morgan fingerprint density at radius 2 is 2.11 bits per heavy atom. The van der Waals surface area contributed by atoms with Gasteiger partial charge in [0.1, 0.15) is 0 Å². The Kier molecular flexibility index (Phi) is 4.18. The van der Waals surface area contributed by atoms with Crippen molar-refractivity contribution in [1.82, 2.24) is 10.2 Å². The number of hydrogen-bond donors (Lipinski definition) is 0. The van der Waals surface area contributed by atoms with Crippen molar-refractivity contribution >= 4 is 46.6 Å². The molecule has 0 fully saturated rings. The normalized spacial score (nSPS) is 17.9. The Hall–Kier alpha value is -0.170. The molecule has 0 aliphatic carbocycles. The third kappa shape index (κ3) is 2.87. The van der Waals surface area contributed by atoms with Gasteiger partial charge in [-0.05, 0) is 24.3 Å². The van der Waals surface area contributed by atoms with Crippen molar-refractivity contribution in [2.45, 2.75) is 25.2 Å². The summed E-state index contributed by atoms with van der Waals surface area (Å²) >= 11 is 7.19. The second-order valence-electron chi connectivity index (χ2n) is 3.90. The number of nitrogens with zero attached hydrogens (tertiary/aromatic N) is 2. The van der Waals surface area contributed by atoms with Crippen LogP contribution in [0.2, 0.25) is 0 Å². The molecule has 2 heterocycles. The molecular weight excluding hydrogens is 300 g/mol. The van der Waals surface area contributed by atoms with Gasteiger partial charge in [0.15, 0.2) is 8.68 Å². The number of benzene rings is 1. The van der Waals surface area contributed by atoms with Crippen molar-refractivity contribution in [3.05, 3.63) is 29.8 Å². The lowest BCUT2D eigenvalue weighted by atomic mass is 10.1. The second-order valence-corrected chi connectivity index (χ2v) is 8.54. The van der Waals surface area contributed by atoms with E-state index >= 15 is 0 Å². The molecule has 18 heavy (non-hydrogen) atoms. The maximum absolute atomic E-state index is 4.20. The van der Waals surface area contributed by atoms with Crippen LogP contribution in [-0.2, 0) is 6.42 Å². The third-order valence-corrected chi connectivity index (χ3v) is 7.39. The maximum atomic E-state index is 4.20. The molecule has 0 saturated carbocycles. The minimum absolute atomic E-state index is 0.675. The molecule has 0 N–H and O–H groups in total. The molecule has 1 unspecified atom stereocenters. The predicted molar refractivity (Wildman–Crippen MR) is 82.2 cm³/mol. The zero-order valence-electron chi connectivity index (χ0n) is 9.83. The standard InChI is InChI=1S/C12H12N2S4/c1-15-11-13-14-12(18-11)16-7-9-6-8-4-2-3-5-10(8)17-9/h2-5,9H,6-7H2,1H3. The fourth-order valence-electron chi connectivity index (χ4n) is 1.85. The van der Waals surface area contributed by atoms with Crippen LogP contribution < -0.4 is 0 Å². The van der Waals surface area contributed by atoms with E-state index in [4.69, 9.17) is 0 Å². The van der Waals surface area contributed by atoms with Crippen LogP contribution in [0.15, 0.2) is 37.8 Å². The molecule has 3 rings (SSSR count). The summed E-state index contributed by atoms with van der Waals surface area (Å²) in [4.78, 5) is 1.45. The van der Waals surface area contributed by atoms with E-state index in [1.807, 2.05) is 29.8 Å². The van der Waals surface area contributed by atoms with Crippen molar-refractivity contribution in [3.63, 3.8) is 0 Å². The topological polar surface area (TPSA) is 25.8 Å². The molecular formula is C12H12N2S4. The van der Waals surface area contributed by atoms with Crippen molar-refractivity contribution in [2.75, 3.05) is 12.0 Å². The SMILES string of the molecule is CSc1nnc(SCC2Cc3ccccc3S2)s1. The van der Waals surface area contributed by atoms with Crippen LogP contribution in [0.25, 0.3) is 0 Å². The van der Waals surface area contributed by atoms with Gasteiger partial charge in [-0.3, -0.25) is 0 Å². The van der Waals surface area contributed by atoms with Crippen LogP contribution in [-0.4, -0.2) is 27.5 Å². The predicted octanol–water partition coefficient (Wildman–Crippen LogP) is 4.07. The van der Waals surface area contributed by atoms with E-state index in [0.717, 1.165) is 14.4 Å². The molecule has 0 amide bonds. The molecule has 1 aliphatic rings. The molecule has 6 heteroatoms. The van der Waals surface area contributed by atoms with Crippen LogP contribution in [0, 0.1) is 0 Å². The average molecular weight is 313 g/mol. The maximum Gasteiger partial charge on any atom is 0.175 e. The van der Waals surface area contributed by atoms with Crippen molar-refractivity contribution < 1.29 is 0 Å². The monoisotopic (exact) mass is 312 g/mol. The summed E-state index contributed by atoms with van der Waals surface area (Å²) in [5.74, 6) is 1.11. The van der Waals surface area contributed by atoms with Crippen LogP contribution in [0.5, 0.6) is 0 Å². The highest BCUT2D eigenvalue weighted by Crippen LogP contribution is 2.39. The van der Waals surface area contributed by atoms with E-state index in [1.54, 1.807) is 23.1 Å². The molecule has 1 aromatic carbocycles. The summed E-state index contributed by atoms with van der Waals surface area (Å²) in [7, 11) is 0. The molecule has 2 nitrogen and oxygen atoms in total. The lowest BCUT2D eigenvalue weighted by Crippen LogP contribution is -2.03. The van der Waals surface area contributed by atoms with Crippen LogP contribution >= 0.6 is 46.6 Å². The highest BCUT2D eigenvalue weighted by molar-refractivity contribution is 8.05. The van der Waals surface area contributed by atoms with E-state index in [2.05, 4.69) is 34.5 Å². The van der Waals surface area contributed by atoms with E-state index < -0.39 is 0 Å². The van der Waals surface area contributed by atoms with Gasteiger partial charge in [0, 0.05) is 15.9 Å². The molecule has 2 aromatic rings. The fraction of sp³-hybridized carbons (Fsp3) is 0.333. The number of fused-ring (bicyclic) bond motifs is 1. The molecule has 94 valence electrons. The first-order chi connectivity index (χ1) is 8.85. The average Bonchev–Trinajstić information content (AvgIpc) is 3.02. The van der Waals surface area contributed by atoms with E-state index in [0.29, 0.717) is 5.25 Å². The summed E-state index contributed by atoms with van der Waals surface area (Å²) in [6.45, 7) is 0. The Balaban J connectivity index is 1.57. The molecule has 0 bridgehead atoms. The summed E-state index contributed by atoms with van der Waals surface area (Å²) in [5.41, 5.74) is 1.50. The summed E-state index contributed by atoms with van der Waals surface area (Å²) < 4.78 is 2.15. The van der Waals surface area contributed by atoms with Gasteiger partial charge in [0.25, 0.3) is 0 Å². The van der Waals surface area contributed by atoms with Crippen LogP contribution in [0.4, 0.5) is 0 Å². The minimum atomic E-state index is 0.675. The lowest BCUT2D eigenvalue weighted by Gasteiger charge is -2.04. The van der Waals surface area contributed by atoms with Gasteiger partial charge in [0.05, 0.1) is 0 Å². The van der Waals surface area contributed by atoms with E-state index in [9.17, 15) is 0 Å². The van der Waals surface area contributed by atoms with Gasteiger partial charge >= 0.3 is 0 Å². The minimum Gasteiger partial charge on any atom is -0.131 e. The van der Waals surface area contributed by atoms with Crippen LogP contribution in [0.1, 0.15) is 5.56 Å². The molecule has 0 saturated heterocycles. The Labute approximate surface area is 123 Å². The summed E-state index contributed by atoms with van der Waals surface area (Å²) in [6, 6.07) is 8.71. The van der Waals surface area contributed by atoms with Gasteiger partial charge in [0.2, 0.25) is 0 Å². The third-order valence-electron chi connectivity index (χ3n) is 2.67. The van der Waals surface area contributed by atoms with Gasteiger partial charge in [-0.1, -0.05) is 53.1 Å². The first-order valence-corrected chi connectivity index (χ1v) is 9.50. The number of hydrogen-bond acceptors (Lipinski definition) is 6. The van der Waals surface area contributed by atoms with E-state index in [1.165, 1.54) is 16.9 Å². The smallest absolute Gasteiger partial charge is 0.131 e. The Morgan fingerprint density at radius 1 is 1.28 bits per heavy atom. The molecule has 1 atom stereocenters. The number of aromatic nitrogens is 2. The van der Waals surface area contributed by atoms with Crippen molar-refractivity contribution in [1.29, 1.82) is 0 Å². The Bertz CT molecular complexity index is 515. The Morgan fingerprint density at radius 3 is 2.89 bits per heavy atom. The largest absolute Gasteiger partial charge is 0.175 e. The van der Waals surface area contributed by atoms with Gasteiger partial charge < -0.3 is 0 Å². The van der Waals surface area contributed by atoms with Crippen molar-refractivity contribution in [2.24, 2.45) is 0 Å². The highest BCUT2D eigenvalue weighted by atomic mass is 32.2. The molecule has 0 spiro atoms. The summed E-state index contributed by atoms with van der Waals surface area (Å²) in [5, 5.41) is 9.00. The van der Waals surface area contributed by atoms with Gasteiger partial charge in [-0.15, -0.1) is 22.0 Å². The first kappa shape index (κ1) is 12.8. The molecule has 0 radical (unpaired) electrons. The zero-order valence-corrected chi connectivity index (χ0v) is 13.1. The van der Waals surface area contributed by atoms with Gasteiger partial charge in [-0.25, -0.2) is 0 Å². The van der Waals surface area contributed by atoms with Crippen molar-refractivity contribution in [3.8, 4) is 0 Å².